The van der Waals surface area contributed by atoms with E-state index in [1.54, 1.807) is 20.8 Å². The summed E-state index contributed by atoms with van der Waals surface area (Å²) in [5.41, 5.74) is 3.50. The second kappa shape index (κ2) is 8.04. The molecule has 2 aromatic rings. The number of benzene rings is 2. The summed E-state index contributed by atoms with van der Waals surface area (Å²) in [4.78, 5) is 23.3. The first-order valence-corrected chi connectivity index (χ1v) is 8.52. The third kappa shape index (κ3) is 5.92. The van der Waals surface area contributed by atoms with Gasteiger partial charge >= 0.3 is 12.1 Å². The molecular formula is C21H25NO4. The maximum atomic E-state index is 11.8. The van der Waals surface area contributed by atoms with E-state index in [0.717, 1.165) is 16.7 Å². The summed E-state index contributed by atoms with van der Waals surface area (Å²) < 4.78 is 5.13. The number of hydrogen-bond acceptors (Lipinski definition) is 3. The van der Waals surface area contributed by atoms with Gasteiger partial charge < -0.3 is 15.2 Å². The molecule has 0 saturated heterocycles. The number of carboxylic acids is 1. The summed E-state index contributed by atoms with van der Waals surface area (Å²) in [5, 5.41) is 11.8. The normalized spacial score (nSPS) is 12.3. The average Bonchev–Trinajstić information content (AvgIpc) is 2.54. The first-order chi connectivity index (χ1) is 12.1. The number of amides is 1. The molecule has 26 heavy (non-hydrogen) atoms. The van der Waals surface area contributed by atoms with Crippen LogP contribution in [0.2, 0.25) is 0 Å². The molecule has 0 aliphatic carbocycles. The number of aliphatic carboxylic acids is 1. The summed E-state index contributed by atoms with van der Waals surface area (Å²) in [5.74, 6) is -1.10. The minimum absolute atomic E-state index is 0.183. The van der Waals surface area contributed by atoms with Gasteiger partial charge in [0.05, 0.1) is 0 Å². The van der Waals surface area contributed by atoms with Gasteiger partial charge in [0.25, 0.3) is 0 Å². The van der Waals surface area contributed by atoms with Crippen LogP contribution in [-0.4, -0.2) is 28.8 Å². The van der Waals surface area contributed by atoms with Crippen LogP contribution >= 0.6 is 0 Å². The highest BCUT2D eigenvalue weighted by atomic mass is 16.6. The number of carbonyl (C=O) groups is 2. The molecule has 0 aliphatic heterocycles. The molecule has 0 saturated carbocycles. The summed E-state index contributed by atoms with van der Waals surface area (Å²) in [6, 6.07) is 14.8. The van der Waals surface area contributed by atoms with Crippen LogP contribution in [0.4, 0.5) is 4.79 Å². The lowest BCUT2D eigenvalue weighted by molar-refractivity contribution is -0.139. The number of nitrogens with one attached hydrogen (secondary N) is 1. The van der Waals surface area contributed by atoms with Gasteiger partial charge in [-0.3, -0.25) is 0 Å². The molecule has 0 heterocycles. The predicted molar refractivity (Wildman–Crippen MR) is 101 cm³/mol. The van der Waals surface area contributed by atoms with Crippen molar-refractivity contribution in [3.63, 3.8) is 0 Å². The smallest absolute Gasteiger partial charge is 0.408 e. The lowest BCUT2D eigenvalue weighted by atomic mass is 10.00. The molecule has 138 valence electrons. The zero-order valence-electron chi connectivity index (χ0n) is 15.6. The van der Waals surface area contributed by atoms with Gasteiger partial charge in [-0.2, -0.15) is 0 Å². The summed E-state index contributed by atoms with van der Waals surface area (Å²) >= 11 is 0. The van der Waals surface area contributed by atoms with Gasteiger partial charge in [0.1, 0.15) is 11.6 Å². The topological polar surface area (TPSA) is 75.6 Å². The van der Waals surface area contributed by atoms with Crippen LogP contribution in [0.25, 0.3) is 11.1 Å². The van der Waals surface area contributed by atoms with E-state index in [4.69, 9.17) is 4.74 Å². The largest absolute Gasteiger partial charge is 0.480 e. The molecule has 1 atom stereocenters. The first kappa shape index (κ1) is 19.5. The van der Waals surface area contributed by atoms with E-state index in [1.807, 2.05) is 31.2 Å². The summed E-state index contributed by atoms with van der Waals surface area (Å²) in [6.45, 7) is 7.22. The van der Waals surface area contributed by atoms with Crippen LogP contribution in [0, 0.1) is 6.92 Å². The maximum Gasteiger partial charge on any atom is 0.408 e. The zero-order valence-corrected chi connectivity index (χ0v) is 15.6. The second-order valence-corrected chi connectivity index (χ2v) is 7.30. The number of alkyl carbamates (subject to hydrolysis) is 1. The number of rotatable bonds is 5. The third-order valence-corrected chi connectivity index (χ3v) is 3.77. The van der Waals surface area contributed by atoms with Crippen molar-refractivity contribution >= 4 is 12.1 Å². The molecule has 0 bridgehead atoms. The predicted octanol–water partition coefficient (Wildman–Crippen LogP) is 4.18. The van der Waals surface area contributed by atoms with Gasteiger partial charge in [0, 0.05) is 6.42 Å². The molecule has 0 unspecified atom stereocenters. The van der Waals surface area contributed by atoms with Crippen molar-refractivity contribution in [3.8, 4) is 11.1 Å². The fourth-order valence-electron chi connectivity index (χ4n) is 2.46. The molecule has 0 aromatic heterocycles. The quantitative estimate of drug-likeness (QED) is 0.843. The van der Waals surface area contributed by atoms with E-state index in [2.05, 4.69) is 29.6 Å². The molecule has 0 radical (unpaired) electrons. The van der Waals surface area contributed by atoms with Crippen molar-refractivity contribution in [1.29, 1.82) is 0 Å². The van der Waals surface area contributed by atoms with Crippen LogP contribution in [0.15, 0.2) is 48.5 Å². The van der Waals surface area contributed by atoms with Crippen molar-refractivity contribution in [2.45, 2.75) is 45.8 Å². The van der Waals surface area contributed by atoms with Crippen LogP contribution < -0.4 is 5.32 Å². The Bertz CT molecular complexity index is 758. The van der Waals surface area contributed by atoms with Gasteiger partial charge in [0.15, 0.2) is 0 Å². The van der Waals surface area contributed by atoms with Crippen LogP contribution in [-0.2, 0) is 16.0 Å². The van der Waals surface area contributed by atoms with Gasteiger partial charge in [0.2, 0.25) is 0 Å². The Hall–Kier alpha value is -2.82. The average molecular weight is 355 g/mol. The minimum Gasteiger partial charge on any atom is -0.480 e. The van der Waals surface area contributed by atoms with Crippen molar-refractivity contribution < 1.29 is 19.4 Å². The fourth-order valence-corrected chi connectivity index (χ4v) is 2.46. The van der Waals surface area contributed by atoms with Crippen molar-refractivity contribution in [3.05, 3.63) is 59.7 Å². The molecule has 2 N–H and O–H groups in total. The summed E-state index contributed by atoms with van der Waals surface area (Å²) in [6.07, 6.45) is -0.552. The van der Waals surface area contributed by atoms with Crippen LogP contribution in [0.3, 0.4) is 0 Å². The third-order valence-electron chi connectivity index (χ3n) is 3.77. The Balaban J connectivity index is 2.06. The molecule has 2 rings (SSSR count). The van der Waals surface area contributed by atoms with E-state index >= 15 is 0 Å². The van der Waals surface area contributed by atoms with E-state index in [9.17, 15) is 14.7 Å². The number of hydrogen-bond donors (Lipinski definition) is 2. The maximum absolute atomic E-state index is 11.8. The van der Waals surface area contributed by atoms with Crippen molar-refractivity contribution in [2.75, 3.05) is 0 Å². The van der Waals surface area contributed by atoms with E-state index < -0.39 is 23.7 Å². The Kier molecular flexibility index (Phi) is 6.03. The minimum atomic E-state index is -1.10. The van der Waals surface area contributed by atoms with Crippen molar-refractivity contribution in [2.24, 2.45) is 0 Å². The van der Waals surface area contributed by atoms with Gasteiger partial charge in [-0.15, -0.1) is 0 Å². The Morgan fingerprint density at radius 3 is 1.96 bits per heavy atom. The van der Waals surface area contributed by atoms with Crippen LogP contribution in [0.5, 0.6) is 0 Å². The molecule has 0 aliphatic rings. The highest BCUT2D eigenvalue weighted by Gasteiger charge is 2.24. The molecular weight excluding hydrogens is 330 g/mol. The summed E-state index contributed by atoms with van der Waals surface area (Å²) in [7, 11) is 0. The number of ether oxygens (including phenoxy) is 1. The molecule has 5 heteroatoms. The number of aryl methyl sites for hydroxylation is 1. The Labute approximate surface area is 154 Å². The molecule has 5 nitrogen and oxygen atoms in total. The van der Waals surface area contributed by atoms with Gasteiger partial charge in [-0.25, -0.2) is 9.59 Å². The molecule has 2 aromatic carbocycles. The monoisotopic (exact) mass is 355 g/mol. The number of carboxylic acid groups (broad SMARTS) is 1. The van der Waals surface area contributed by atoms with Crippen molar-refractivity contribution in [1.82, 2.24) is 5.32 Å². The molecule has 1 amide bonds. The van der Waals surface area contributed by atoms with Crippen LogP contribution in [0.1, 0.15) is 31.9 Å². The second-order valence-electron chi connectivity index (χ2n) is 7.30. The fraction of sp³-hybridized carbons (Fsp3) is 0.333. The van der Waals surface area contributed by atoms with E-state index in [-0.39, 0.29) is 6.42 Å². The standard InChI is InChI=1S/C21H25NO4/c1-14-5-9-16(10-6-14)17-11-7-15(8-12-17)13-18(19(23)24)22-20(25)26-21(2,3)4/h5-12,18H,13H2,1-4H3,(H,22,25)(H,23,24)/t18-/m0/s1. The highest BCUT2D eigenvalue weighted by molar-refractivity contribution is 5.80. The first-order valence-electron chi connectivity index (χ1n) is 8.52. The Morgan fingerprint density at radius 2 is 1.50 bits per heavy atom. The zero-order chi connectivity index (χ0) is 19.3. The van der Waals surface area contributed by atoms with Gasteiger partial charge in [-0.1, -0.05) is 54.1 Å². The van der Waals surface area contributed by atoms with E-state index in [0.29, 0.717) is 0 Å². The lowest BCUT2D eigenvalue weighted by Gasteiger charge is -2.22. The SMILES string of the molecule is Cc1ccc(-c2ccc(C[C@H](NC(=O)OC(C)(C)C)C(=O)O)cc2)cc1. The number of carbonyl (C=O) groups excluding carboxylic acids is 1. The molecule has 0 spiro atoms. The molecule has 0 fully saturated rings. The Morgan fingerprint density at radius 1 is 1.00 bits per heavy atom. The van der Waals surface area contributed by atoms with E-state index in [1.165, 1.54) is 5.56 Å². The lowest BCUT2D eigenvalue weighted by Crippen LogP contribution is -2.44. The highest BCUT2D eigenvalue weighted by Crippen LogP contribution is 2.21. The van der Waals surface area contributed by atoms with Gasteiger partial charge in [-0.05, 0) is 44.4 Å².